The minimum Gasteiger partial charge on any atom is -0.330 e. The number of anilines is 1. The fourth-order valence-electron chi connectivity index (χ4n) is 1.97. The lowest BCUT2D eigenvalue weighted by Crippen LogP contribution is -2.22. The number of aryl methyl sites for hydroxylation is 1. The minimum absolute atomic E-state index is 0.0726. The standard InChI is InChI=1S/C15H24N2O/c1-11(2)13(10-16)8-9-15(18)17-14-7-5-4-6-12(14)3/h4-7,11,13H,8-10,16H2,1-3H3,(H,17,18). The van der Waals surface area contributed by atoms with E-state index in [1.807, 2.05) is 31.2 Å². The van der Waals surface area contributed by atoms with E-state index in [1.165, 1.54) is 0 Å². The fourth-order valence-corrected chi connectivity index (χ4v) is 1.97. The predicted molar refractivity (Wildman–Crippen MR) is 76.4 cm³/mol. The van der Waals surface area contributed by atoms with Gasteiger partial charge in [-0.15, -0.1) is 0 Å². The summed E-state index contributed by atoms with van der Waals surface area (Å²) >= 11 is 0. The summed E-state index contributed by atoms with van der Waals surface area (Å²) < 4.78 is 0. The maximum Gasteiger partial charge on any atom is 0.224 e. The molecular weight excluding hydrogens is 224 g/mol. The van der Waals surface area contributed by atoms with Crippen molar-refractivity contribution in [3.05, 3.63) is 29.8 Å². The number of para-hydroxylation sites is 1. The minimum atomic E-state index is 0.0726. The van der Waals surface area contributed by atoms with Crippen molar-refractivity contribution in [2.45, 2.75) is 33.6 Å². The molecule has 1 amide bonds. The number of rotatable bonds is 6. The third kappa shape index (κ3) is 4.49. The molecule has 0 aromatic heterocycles. The van der Waals surface area contributed by atoms with Crippen molar-refractivity contribution in [1.29, 1.82) is 0 Å². The number of amides is 1. The molecule has 0 saturated carbocycles. The van der Waals surface area contributed by atoms with E-state index in [0.717, 1.165) is 17.7 Å². The van der Waals surface area contributed by atoms with Crippen LogP contribution < -0.4 is 11.1 Å². The van der Waals surface area contributed by atoms with Crippen LogP contribution in [0, 0.1) is 18.8 Å². The molecule has 0 aliphatic carbocycles. The SMILES string of the molecule is Cc1ccccc1NC(=O)CCC(CN)C(C)C. The Balaban J connectivity index is 2.45. The van der Waals surface area contributed by atoms with Gasteiger partial charge in [-0.05, 0) is 43.4 Å². The second kappa shape index (κ2) is 7.17. The van der Waals surface area contributed by atoms with E-state index in [2.05, 4.69) is 19.2 Å². The Hall–Kier alpha value is -1.35. The lowest BCUT2D eigenvalue weighted by molar-refractivity contribution is -0.116. The van der Waals surface area contributed by atoms with Crippen LogP contribution in [0.4, 0.5) is 5.69 Å². The van der Waals surface area contributed by atoms with E-state index in [0.29, 0.717) is 24.8 Å². The summed E-state index contributed by atoms with van der Waals surface area (Å²) in [5.41, 5.74) is 7.69. The van der Waals surface area contributed by atoms with E-state index in [4.69, 9.17) is 5.73 Å². The molecule has 1 atom stereocenters. The van der Waals surface area contributed by atoms with Crippen molar-refractivity contribution < 1.29 is 4.79 Å². The van der Waals surface area contributed by atoms with Crippen LogP contribution in [0.2, 0.25) is 0 Å². The molecule has 3 heteroatoms. The molecular formula is C15H24N2O. The zero-order valence-electron chi connectivity index (χ0n) is 11.6. The van der Waals surface area contributed by atoms with Crippen LogP contribution in [0.25, 0.3) is 0 Å². The zero-order chi connectivity index (χ0) is 13.5. The van der Waals surface area contributed by atoms with Crippen LogP contribution in [0.15, 0.2) is 24.3 Å². The van der Waals surface area contributed by atoms with Crippen LogP contribution in [-0.2, 0) is 4.79 Å². The quantitative estimate of drug-likeness (QED) is 0.813. The fraction of sp³-hybridized carbons (Fsp3) is 0.533. The van der Waals surface area contributed by atoms with Gasteiger partial charge < -0.3 is 11.1 Å². The normalized spacial score (nSPS) is 12.5. The number of nitrogens with two attached hydrogens (primary N) is 1. The first-order valence-corrected chi connectivity index (χ1v) is 6.60. The molecule has 0 heterocycles. The molecule has 3 N–H and O–H groups in total. The summed E-state index contributed by atoms with van der Waals surface area (Å²) in [6.07, 6.45) is 1.39. The Morgan fingerprint density at radius 3 is 2.56 bits per heavy atom. The number of nitrogens with one attached hydrogen (secondary N) is 1. The summed E-state index contributed by atoms with van der Waals surface area (Å²) in [6.45, 7) is 6.94. The molecule has 1 aromatic carbocycles. The highest BCUT2D eigenvalue weighted by atomic mass is 16.1. The number of hydrogen-bond donors (Lipinski definition) is 2. The van der Waals surface area contributed by atoms with E-state index < -0.39 is 0 Å². The van der Waals surface area contributed by atoms with Gasteiger partial charge in [-0.2, -0.15) is 0 Å². The monoisotopic (exact) mass is 248 g/mol. The number of hydrogen-bond acceptors (Lipinski definition) is 2. The van der Waals surface area contributed by atoms with Gasteiger partial charge in [-0.25, -0.2) is 0 Å². The third-order valence-electron chi connectivity index (χ3n) is 3.41. The lowest BCUT2D eigenvalue weighted by atomic mass is 9.91. The molecule has 18 heavy (non-hydrogen) atoms. The lowest BCUT2D eigenvalue weighted by Gasteiger charge is -2.18. The average molecular weight is 248 g/mol. The van der Waals surface area contributed by atoms with Gasteiger partial charge in [0.2, 0.25) is 5.91 Å². The van der Waals surface area contributed by atoms with E-state index in [1.54, 1.807) is 0 Å². The molecule has 0 spiro atoms. The van der Waals surface area contributed by atoms with Gasteiger partial charge in [0.05, 0.1) is 0 Å². The molecule has 1 unspecified atom stereocenters. The van der Waals surface area contributed by atoms with E-state index in [-0.39, 0.29) is 5.91 Å². The van der Waals surface area contributed by atoms with E-state index >= 15 is 0 Å². The number of benzene rings is 1. The Morgan fingerprint density at radius 1 is 1.33 bits per heavy atom. The van der Waals surface area contributed by atoms with Crippen LogP contribution in [-0.4, -0.2) is 12.5 Å². The van der Waals surface area contributed by atoms with Crippen molar-refractivity contribution in [3.63, 3.8) is 0 Å². The van der Waals surface area contributed by atoms with Gasteiger partial charge >= 0.3 is 0 Å². The smallest absolute Gasteiger partial charge is 0.224 e. The molecule has 100 valence electrons. The predicted octanol–water partition coefficient (Wildman–Crippen LogP) is 2.94. The van der Waals surface area contributed by atoms with Gasteiger partial charge in [-0.3, -0.25) is 4.79 Å². The molecule has 0 fully saturated rings. The third-order valence-corrected chi connectivity index (χ3v) is 3.41. The second-order valence-corrected chi connectivity index (χ2v) is 5.14. The molecule has 3 nitrogen and oxygen atoms in total. The van der Waals surface area contributed by atoms with Crippen molar-refractivity contribution >= 4 is 11.6 Å². The van der Waals surface area contributed by atoms with Crippen LogP contribution in [0.3, 0.4) is 0 Å². The highest BCUT2D eigenvalue weighted by Crippen LogP contribution is 2.17. The average Bonchev–Trinajstić information content (AvgIpc) is 2.32. The van der Waals surface area contributed by atoms with Crippen LogP contribution >= 0.6 is 0 Å². The van der Waals surface area contributed by atoms with E-state index in [9.17, 15) is 4.79 Å². The molecule has 0 aliphatic rings. The van der Waals surface area contributed by atoms with Crippen molar-refractivity contribution in [3.8, 4) is 0 Å². The zero-order valence-corrected chi connectivity index (χ0v) is 11.6. The van der Waals surface area contributed by atoms with Gasteiger partial charge in [0.25, 0.3) is 0 Å². The Kier molecular flexibility index (Phi) is 5.86. The van der Waals surface area contributed by atoms with Gasteiger partial charge in [0.15, 0.2) is 0 Å². The van der Waals surface area contributed by atoms with Gasteiger partial charge in [0.1, 0.15) is 0 Å². The summed E-state index contributed by atoms with van der Waals surface area (Å²) in [5.74, 6) is 1.03. The van der Waals surface area contributed by atoms with Crippen molar-refractivity contribution in [2.75, 3.05) is 11.9 Å². The number of carbonyl (C=O) groups excluding carboxylic acids is 1. The molecule has 1 rings (SSSR count). The molecule has 1 aromatic rings. The largest absolute Gasteiger partial charge is 0.330 e. The van der Waals surface area contributed by atoms with Gasteiger partial charge in [-0.1, -0.05) is 32.0 Å². The Morgan fingerprint density at radius 2 is 2.00 bits per heavy atom. The highest BCUT2D eigenvalue weighted by Gasteiger charge is 2.13. The molecule has 0 radical (unpaired) electrons. The second-order valence-electron chi connectivity index (χ2n) is 5.14. The summed E-state index contributed by atoms with van der Waals surface area (Å²) in [6, 6.07) is 7.82. The summed E-state index contributed by atoms with van der Waals surface area (Å²) in [5, 5.41) is 2.95. The first-order valence-electron chi connectivity index (χ1n) is 6.60. The maximum absolute atomic E-state index is 11.9. The Bertz CT molecular complexity index is 388. The first-order chi connectivity index (χ1) is 8.54. The summed E-state index contributed by atoms with van der Waals surface area (Å²) in [4.78, 5) is 11.9. The molecule has 0 bridgehead atoms. The first kappa shape index (κ1) is 14.7. The topological polar surface area (TPSA) is 55.1 Å². The maximum atomic E-state index is 11.9. The highest BCUT2D eigenvalue weighted by molar-refractivity contribution is 5.91. The van der Waals surface area contributed by atoms with Crippen LogP contribution in [0.1, 0.15) is 32.3 Å². The van der Waals surface area contributed by atoms with Crippen molar-refractivity contribution in [2.24, 2.45) is 17.6 Å². The number of carbonyl (C=O) groups is 1. The van der Waals surface area contributed by atoms with Crippen LogP contribution in [0.5, 0.6) is 0 Å². The molecule has 0 aliphatic heterocycles. The summed E-state index contributed by atoms with van der Waals surface area (Å²) in [7, 11) is 0. The Labute approximate surface area is 110 Å². The molecule has 0 saturated heterocycles. The van der Waals surface area contributed by atoms with Crippen molar-refractivity contribution in [1.82, 2.24) is 0 Å². The van der Waals surface area contributed by atoms with Gasteiger partial charge in [0, 0.05) is 12.1 Å².